The van der Waals surface area contributed by atoms with Gasteiger partial charge in [0, 0.05) is 7.05 Å². The van der Waals surface area contributed by atoms with E-state index in [0.717, 1.165) is 5.56 Å². The lowest BCUT2D eigenvalue weighted by Crippen LogP contribution is -2.20. The normalized spacial score (nSPS) is 13.9. The zero-order chi connectivity index (χ0) is 16.9. The molecular weight excluding hydrogens is 304 g/mol. The summed E-state index contributed by atoms with van der Waals surface area (Å²) in [5.41, 5.74) is 2.54. The maximum Gasteiger partial charge on any atom is 0.271 e. The van der Waals surface area contributed by atoms with Crippen molar-refractivity contribution in [3.05, 3.63) is 53.2 Å². The zero-order valence-electron chi connectivity index (χ0n) is 13.6. The zero-order valence-corrected chi connectivity index (χ0v) is 13.6. The van der Waals surface area contributed by atoms with E-state index in [9.17, 15) is 9.59 Å². The van der Waals surface area contributed by atoms with Crippen LogP contribution < -0.4 is 10.6 Å². The highest BCUT2D eigenvalue weighted by Gasteiger charge is 2.19. The highest BCUT2D eigenvalue weighted by atomic mass is 16.2. The molecule has 1 aliphatic carbocycles. The van der Waals surface area contributed by atoms with Crippen LogP contribution in [0.5, 0.6) is 0 Å². The number of aromatic nitrogens is 2. The van der Waals surface area contributed by atoms with Crippen LogP contribution >= 0.6 is 0 Å². The minimum atomic E-state index is -0.313. The molecule has 0 aliphatic heterocycles. The van der Waals surface area contributed by atoms with Gasteiger partial charge < -0.3 is 10.6 Å². The molecule has 0 unspecified atom stereocenters. The van der Waals surface area contributed by atoms with Crippen LogP contribution in [0.15, 0.2) is 36.4 Å². The Hall–Kier alpha value is -2.76. The first kappa shape index (κ1) is 16.1. The molecule has 24 heavy (non-hydrogen) atoms. The van der Waals surface area contributed by atoms with Gasteiger partial charge in [-0.2, -0.15) is 0 Å². The smallest absolute Gasteiger partial charge is 0.271 e. The number of hydrogen-bond donors (Lipinski definition) is 2. The summed E-state index contributed by atoms with van der Waals surface area (Å²) in [5.74, 6) is 0.557. The molecule has 2 amide bonds. The van der Waals surface area contributed by atoms with Crippen molar-refractivity contribution in [2.75, 3.05) is 12.4 Å². The van der Waals surface area contributed by atoms with Gasteiger partial charge >= 0.3 is 0 Å². The molecule has 0 spiro atoms. The van der Waals surface area contributed by atoms with E-state index in [1.807, 2.05) is 12.1 Å². The maximum atomic E-state index is 12.1. The number of carbonyl (C=O) groups is 2. The van der Waals surface area contributed by atoms with Crippen molar-refractivity contribution in [1.82, 2.24) is 15.5 Å². The van der Waals surface area contributed by atoms with Crippen LogP contribution in [0.4, 0.5) is 5.82 Å². The van der Waals surface area contributed by atoms with Gasteiger partial charge in [-0.05, 0) is 42.0 Å². The second-order valence-electron chi connectivity index (χ2n) is 5.98. The summed E-state index contributed by atoms with van der Waals surface area (Å²) < 4.78 is 0. The third-order valence-corrected chi connectivity index (χ3v) is 4.31. The Balaban J connectivity index is 1.55. The highest BCUT2D eigenvalue weighted by Crippen LogP contribution is 2.36. The summed E-state index contributed by atoms with van der Waals surface area (Å²) >= 11 is 0. The van der Waals surface area contributed by atoms with E-state index in [0.29, 0.717) is 11.7 Å². The monoisotopic (exact) mass is 324 g/mol. The molecule has 1 aromatic carbocycles. The van der Waals surface area contributed by atoms with Crippen LogP contribution in [0.1, 0.15) is 46.8 Å². The summed E-state index contributed by atoms with van der Waals surface area (Å²) in [5, 5.41) is 12.8. The number of amides is 2. The third-order valence-electron chi connectivity index (χ3n) is 4.31. The van der Waals surface area contributed by atoms with Crippen molar-refractivity contribution in [2.45, 2.75) is 31.6 Å². The Morgan fingerprint density at radius 2 is 1.83 bits per heavy atom. The molecule has 0 radical (unpaired) electrons. The molecule has 1 heterocycles. The van der Waals surface area contributed by atoms with E-state index < -0.39 is 0 Å². The predicted octanol–water partition coefficient (Wildman–Crippen LogP) is 2.28. The molecule has 1 aliphatic rings. The molecule has 3 rings (SSSR count). The Labute approximate surface area is 140 Å². The average Bonchev–Trinajstić information content (AvgIpc) is 2.55. The number of carbonyl (C=O) groups excluding carboxylic acids is 2. The molecule has 0 atom stereocenters. The number of nitrogens with zero attached hydrogens (tertiary/aromatic N) is 2. The SMILES string of the molecule is CNC(=O)c1ccc(NC(=O)Cc2ccc(C3CCC3)cc2)nn1. The van der Waals surface area contributed by atoms with Crippen molar-refractivity contribution in [3.63, 3.8) is 0 Å². The Morgan fingerprint density at radius 1 is 1.08 bits per heavy atom. The number of anilines is 1. The lowest BCUT2D eigenvalue weighted by atomic mass is 9.80. The fourth-order valence-electron chi connectivity index (χ4n) is 2.67. The van der Waals surface area contributed by atoms with Gasteiger partial charge in [-0.25, -0.2) is 0 Å². The lowest BCUT2D eigenvalue weighted by Gasteiger charge is -2.25. The number of hydrogen-bond acceptors (Lipinski definition) is 4. The Kier molecular flexibility index (Phi) is 4.84. The third kappa shape index (κ3) is 3.76. The van der Waals surface area contributed by atoms with Gasteiger partial charge in [-0.1, -0.05) is 30.7 Å². The molecule has 1 saturated carbocycles. The molecule has 1 fully saturated rings. The minimum Gasteiger partial charge on any atom is -0.354 e. The van der Waals surface area contributed by atoms with E-state index in [1.165, 1.54) is 37.9 Å². The van der Waals surface area contributed by atoms with Crippen molar-refractivity contribution in [3.8, 4) is 0 Å². The van der Waals surface area contributed by atoms with E-state index >= 15 is 0 Å². The van der Waals surface area contributed by atoms with Crippen molar-refractivity contribution in [2.24, 2.45) is 0 Å². The van der Waals surface area contributed by atoms with E-state index in [4.69, 9.17) is 0 Å². The molecule has 1 aromatic heterocycles. The van der Waals surface area contributed by atoms with Gasteiger partial charge in [-0.3, -0.25) is 9.59 Å². The highest BCUT2D eigenvalue weighted by molar-refractivity contribution is 5.93. The van der Waals surface area contributed by atoms with Crippen molar-refractivity contribution < 1.29 is 9.59 Å². The molecule has 6 nitrogen and oxygen atoms in total. The fraction of sp³-hybridized carbons (Fsp3) is 0.333. The summed E-state index contributed by atoms with van der Waals surface area (Å²) in [4.78, 5) is 23.5. The van der Waals surface area contributed by atoms with Gasteiger partial charge in [0.2, 0.25) is 5.91 Å². The summed E-state index contributed by atoms with van der Waals surface area (Å²) in [6, 6.07) is 11.3. The second kappa shape index (κ2) is 7.21. The standard InChI is InChI=1S/C18H20N4O2/c1-19-18(24)15-9-10-16(22-21-15)20-17(23)11-12-5-7-14(8-6-12)13-3-2-4-13/h5-10,13H,2-4,11H2,1H3,(H,19,24)(H,20,22,23). The summed E-state index contributed by atoms with van der Waals surface area (Å²) in [7, 11) is 1.52. The molecule has 0 saturated heterocycles. The first-order valence-electron chi connectivity index (χ1n) is 8.10. The molecule has 0 bridgehead atoms. The molecule has 124 valence electrons. The number of nitrogens with one attached hydrogen (secondary N) is 2. The van der Waals surface area contributed by atoms with Gasteiger partial charge in [0.1, 0.15) is 0 Å². The van der Waals surface area contributed by atoms with Gasteiger partial charge in [-0.15, -0.1) is 10.2 Å². The predicted molar refractivity (Wildman–Crippen MR) is 90.8 cm³/mol. The number of benzene rings is 1. The van der Waals surface area contributed by atoms with E-state index in [-0.39, 0.29) is 23.9 Å². The first-order chi connectivity index (χ1) is 11.7. The van der Waals surface area contributed by atoms with Crippen molar-refractivity contribution in [1.29, 1.82) is 0 Å². The minimum absolute atomic E-state index is 0.159. The Morgan fingerprint density at radius 3 is 2.38 bits per heavy atom. The number of rotatable bonds is 5. The van der Waals surface area contributed by atoms with Gasteiger partial charge in [0.15, 0.2) is 11.5 Å². The second-order valence-corrected chi connectivity index (χ2v) is 5.98. The quantitative estimate of drug-likeness (QED) is 0.884. The molecule has 2 N–H and O–H groups in total. The largest absolute Gasteiger partial charge is 0.354 e. The van der Waals surface area contributed by atoms with Crippen molar-refractivity contribution >= 4 is 17.6 Å². The van der Waals surface area contributed by atoms with Crippen LogP contribution in [0, 0.1) is 0 Å². The van der Waals surface area contributed by atoms with Crippen LogP contribution in [0.2, 0.25) is 0 Å². The average molecular weight is 324 g/mol. The van der Waals surface area contributed by atoms with Gasteiger partial charge in [0.25, 0.3) is 5.91 Å². The van der Waals surface area contributed by atoms with Crippen LogP contribution in [0.25, 0.3) is 0 Å². The lowest BCUT2D eigenvalue weighted by molar-refractivity contribution is -0.115. The first-order valence-corrected chi connectivity index (χ1v) is 8.10. The maximum absolute atomic E-state index is 12.1. The van der Waals surface area contributed by atoms with E-state index in [2.05, 4.69) is 33.0 Å². The van der Waals surface area contributed by atoms with Crippen LogP contribution in [-0.2, 0) is 11.2 Å². The molecule has 2 aromatic rings. The van der Waals surface area contributed by atoms with E-state index in [1.54, 1.807) is 6.07 Å². The van der Waals surface area contributed by atoms with Gasteiger partial charge in [0.05, 0.1) is 6.42 Å². The van der Waals surface area contributed by atoms with Crippen LogP contribution in [0.3, 0.4) is 0 Å². The fourth-order valence-corrected chi connectivity index (χ4v) is 2.67. The topological polar surface area (TPSA) is 84.0 Å². The van der Waals surface area contributed by atoms with Crippen LogP contribution in [-0.4, -0.2) is 29.1 Å². The molecule has 6 heteroatoms. The Bertz CT molecular complexity index is 722. The molecular formula is C18H20N4O2. The summed E-state index contributed by atoms with van der Waals surface area (Å²) in [6.07, 6.45) is 4.13. The summed E-state index contributed by atoms with van der Waals surface area (Å²) in [6.45, 7) is 0.